The monoisotopic (exact) mass is 217 g/mol. The molecule has 86 valence electrons. The molecule has 0 radical (unpaired) electrons. The van der Waals surface area contributed by atoms with Crippen LogP contribution in [-0.4, -0.2) is 15.4 Å². The van der Waals surface area contributed by atoms with Gasteiger partial charge in [-0.15, -0.1) is 10.2 Å². The van der Waals surface area contributed by atoms with Gasteiger partial charge in [-0.25, -0.2) is 0 Å². The van der Waals surface area contributed by atoms with Gasteiger partial charge in [0, 0.05) is 10.8 Å². The Kier molecular flexibility index (Phi) is 3.93. The molecule has 3 nitrogen and oxygen atoms in total. The van der Waals surface area contributed by atoms with E-state index in [2.05, 4.69) is 36.2 Å². The van der Waals surface area contributed by atoms with E-state index in [4.69, 9.17) is 0 Å². The van der Waals surface area contributed by atoms with Crippen molar-refractivity contribution in [3.63, 3.8) is 0 Å². The molecule has 0 spiro atoms. The minimum Gasteiger partial charge on any atom is -0.134 e. The molecule has 0 bridgehead atoms. The van der Waals surface area contributed by atoms with Crippen LogP contribution in [0.15, 0.2) is 24.3 Å². The quantitative estimate of drug-likeness (QED) is 0.679. The highest BCUT2D eigenvalue weighted by molar-refractivity contribution is 5.80. The lowest BCUT2D eigenvalue weighted by molar-refractivity contribution is 0.559. The van der Waals surface area contributed by atoms with Crippen molar-refractivity contribution >= 4 is 10.9 Å². The molecule has 0 aliphatic heterocycles. The summed E-state index contributed by atoms with van der Waals surface area (Å²) in [6.45, 7) is 10.4. The number of aromatic nitrogens is 3. The predicted octanol–water partition coefficient (Wildman–Crippen LogP) is 3.35. The third-order valence-corrected chi connectivity index (χ3v) is 2.17. The predicted molar refractivity (Wildman–Crippen MR) is 67.4 cm³/mol. The minimum atomic E-state index is 0.00947. The van der Waals surface area contributed by atoms with Crippen LogP contribution in [0.25, 0.3) is 10.9 Å². The van der Waals surface area contributed by atoms with Crippen molar-refractivity contribution in [1.82, 2.24) is 15.4 Å². The lowest BCUT2D eigenvalue weighted by Crippen LogP contribution is -2.15. The first-order valence-corrected chi connectivity index (χ1v) is 5.67. The molecule has 1 heterocycles. The van der Waals surface area contributed by atoms with Crippen LogP contribution in [0, 0.1) is 0 Å². The lowest BCUT2D eigenvalue weighted by Gasteiger charge is -2.17. The fourth-order valence-corrected chi connectivity index (χ4v) is 1.48. The number of benzene rings is 1. The van der Waals surface area contributed by atoms with Gasteiger partial charge < -0.3 is 0 Å². The molecule has 0 amide bonds. The van der Waals surface area contributed by atoms with Gasteiger partial charge in [-0.2, -0.15) is 0 Å². The minimum absolute atomic E-state index is 0.00947. The van der Waals surface area contributed by atoms with E-state index in [-0.39, 0.29) is 5.41 Å². The molecule has 0 fully saturated rings. The summed E-state index contributed by atoms with van der Waals surface area (Å²) in [4.78, 5) is 0. The van der Waals surface area contributed by atoms with Gasteiger partial charge in [-0.3, -0.25) is 0 Å². The Bertz CT molecular complexity index is 453. The second-order valence-corrected chi connectivity index (χ2v) is 4.41. The molecule has 16 heavy (non-hydrogen) atoms. The summed E-state index contributed by atoms with van der Waals surface area (Å²) in [6.07, 6.45) is 0. The van der Waals surface area contributed by atoms with Gasteiger partial charge >= 0.3 is 0 Å². The van der Waals surface area contributed by atoms with E-state index in [1.165, 1.54) is 0 Å². The lowest BCUT2D eigenvalue weighted by atomic mass is 9.89. The molecular formula is C13H19N3. The molecular weight excluding hydrogens is 198 g/mol. The zero-order valence-electron chi connectivity index (χ0n) is 10.7. The second kappa shape index (κ2) is 5.01. The molecule has 1 aromatic carbocycles. The maximum Gasteiger partial charge on any atom is 0.0966 e. The largest absolute Gasteiger partial charge is 0.134 e. The van der Waals surface area contributed by atoms with E-state index in [0.29, 0.717) is 0 Å². The van der Waals surface area contributed by atoms with Crippen LogP contribution in [0.5, 0.6) is 0 Å². The van der Waals surface area contributed by atoms with Gasteiger partial charge in [-0.1, -0.05) is 52.8 Å². The Labute approximate surface area is 96.9 Å². The molecule has 0 unspecified atom stereocenters. The number of hydrogen-bond donors (Lipinski definition) is 0. The van der Waals surface area contributed by atoms with Crippen LogP contribution in [0.1, 0.15) is 40.3 Å². The molecule has 2 rings (SSSR count). The molecule has 1 aromatic heterocycles. The van der Waals surface area contributed by atoms with Gasteiger partial charge in [0.25, 0.3) is 0 Å². The summed E-state index contributed by atoms with van der Waals surface area (Å²) in [7, 11) is 0. The first-order chi connectivity index (χ1) is 7.59. The topological polar surface area (TPSA) is 38.7 Å². The normalized spacial score (nSPS) is 10.8. The van der Waals surface area contributed by atoms with Crippen LogP contribution in [-0.2, 0) is 5.41 Å². The maximum absolute atomic E-state index is 4.12. The van der Waals surface area contributed by atoms with E-state index < -0.39 is 0 Å². The third-order valence-electron chi connectivity index (χ3n) is 2.17. The van der Waals surface area contributed by atoms with Crippen LogP contribution >= 0.6 is 0 Å². The molecule has 0 aliphatic rings. The molecule has 2 aromatic rings. The van der Waals surface area contributed by atoms with E-state index in [1.54, 1.807) is 0 Å². The summed E-state index contributed by atoms with van der Waals surface area (Å²) in [5.74, 6) is 0. The number of fused-ring (bicyclic) bond motifs is 1. The van der Waals surface area contributed by atoms with Gasteiger partial charge in [0.2, 0.25) is 0 Å². The van der Waals surface area contributed by atoms with Gasteiger partial charge in [0.15, 0.2) is 0 Å². The molecule has 0 saturated carbocycles. The Hall–Kier alpha value is -1.51. The number of rotatable bonds is 0. The van der Waals surface area contributed by atoms with E-state index in [9.17, 15) is 0 Å². The Balaban J connectivity index is 0.000000606. The van der Waals surface area contributed by atoms with Gasteiger partial charge in [-0.05, 0) is 11.3 Å². The fraction of sp³-hybridized carbons (Fsp3) is 0.462. The summed E-state index contributed by atoms with van der Waals surface area (Å²) < 4.78 is 0. The van der Waals surface area contributed by atoms with Crippen LogP contribution in [0.4, 0.5) is 0 Å². The number of hydrogen-bond acceptors (Lipinski definition) is 3. The van der Waals surface area contributed by atoms with E-state index in [1.807, 2.05) is 38.1 Å². The Morgan fingerprint density at radius 2 is 1.56 bits per heavy atom. The van der Waals surface area contributed by atoms with Crippen molar-refractivity contribution < 1.29 is 0 Å². The number of nitrogens with zero attached hydrogens (tertiary/aromatic N) is 3. The van der Waals surface area contributed by atoms with Crippen molar-refractivity contribution in [3.8, 4) is 0 Å². The van der Waals surface area contributed by atoms with Gasteiger partial charge in [0.1, 0.15) is 0 Å². The summed E-state index contributed by atoms with van der Waals surface area (Å²) >= 11 is 0. The maximum atomic E-state index is 4.12. The van der Waals surface area contributed by atoms with Crippen molar-refractivity contribution in [2.75, 3.05) is 0 Å². The average molecular weight is 217 g/mol. The van der Waals surface area contributed by atoms with Crippen molar-refractivity contribution in [2.24, 2.45) is 0 Å². The molecule has 3 heteroatoms. The highest BCUT2D eigenvalue weighted by atomic mass is 15.3. The first kappa shape index (κ1) is 12.6. The Morgan fingerprint density at radius 3 is 2.19 bits per heavy atom. The zero-order chi connectivity index (χ0) is 12.2. The highest BCUT2D eigenvalue weighted by Crippen LogP contribution is 2.25. The SMILES string of the molecule is CC.CC(C)(C)c1nnnc2ccccc12. The van der Waals surface area contributed by atoms with Crippen LogP contribution in [0.2, 0.25) is 0 Å². The average Bonchev–Trinajstić information content (AvgIpc) is 2.30. The van der Waals surface area contributed by atoms with Crippen molar-refractivity contribution in [2.45, 2.75) is 40.0 Å². The van der Waals surface area contributed by atoms with Crippen LogP contribution in [0.3, 0.4) is 0 Å². The molecule has 0 aliphatic carbocycles. The Morgan fingerprint density at radius 1 is 0.938 bits per heavy atom. The summed E-state index contributed by atoms with van der Waals surface area (Å²) in [5, 5.41) is 13.0. The summed E-state index contributed by atoms with van der Waals surface area (Å²) in [6, 6.07) is 7.96. The highest BCUT2D eigenvalue weighted by Gasteiger charge is 2.19. The smallest absolute Gasteiger partial charge is 0.0966 e. The summed E-state index contributed by atoms with van der Waals surface area (Å²) in [5.41, 5.74) is 1.92. The molecule has 0 atom stereocenters. The van der Waals surface area contributed by atoms with Gasteiger partial charge in [0.05, 0.1) is 11.2 Å². The van der Waals surface area contributed by atoms with E-state index >= 15 is 0 Å². The fourth-order valence-electron chi connectivity index (χ4n) is 1.48. The second-order valence-electron chi connectivity index (χ2n) is 4.41. The zero-order valence-corrected chi connectivity index (χ0v) is 10.7. The molecule has 0 N–H and O–H groups in total. The van der Waals surface area contributed by atoms with E-state index in [0.717, 1.165) is 16.6 Å². The standard InChI is InChI=1S/C11H13N3.C2H6/c1-11(2,3)10-8-6-4-5-7-9(8)12-14-13-10;1-2/h4-7H,1-3H3;1-2H3. The first-order valence-electron chi connectivity index (χ1n) is 5.67. The van der Waals surface area contributed by atoms with Crippen LogP contribution < -0.4 is 0 Å². The molecule has 0 saturated heterocycles. The third kappa shape index (κ3) is 2.54. The van der Waals surface area contributed by atoms with Crippen molar-refractivity contribution in [1.29, 1.82) is 0 Å². The van der Waals surface area contributed by atoms with Crippen molar-refractivity contribution in [3.05, 3.63) is 30.0 Å².